The Kier molecular flexibility index (Phi) is 10.6. The van der Waals surface area contributed by atoms with Crippen LogP contribution in [0.4, 0.5) is 10.1 Å². The van der Waals surface area contributed by atoms with Crippen LogP contribution in [0.3, 0.4) is 0 Å². The molecule has 0 spiro atoms. The van der Waals surface area contributed by atoms with Gasteiger partial charge >= 0.3 is 0 Å². The molecule has 2 N–H and O–H groups in total. The summed E-state index contributed by atoms with van der Waals surface area (Å²) in [6.45, 7) is 7.67. The van der Waals surface area contributed by atoms with Gasteiger partial charge in [0.05, 0.1) is 18.5 Å². The first-order chi connectivity index (χ1) is 17.4. The largest absolute Gasteiger partial charge is 0.342 e. The molecule has 1 aromatic rings. The predicted octanol–water partition coefficient (Wildman–Crippen LogP) is 2.88. The number of nitrogens with one attached hydrogen (secondary N) is 2. The Labute approximate surface area is 218 Å². The molecule has 3 unspecified atom stereocenters. The van der Waals surface area contributed by atoms with Crippen LogP contribution in [-0.2, 0) is 19.2 Å². The van der Waals surface area contributed by atoms with E-state index < -0.39 is 41.4 Å². The summed E-state index contributed by atoms with van der Waals surface area (Å²) in [5.41, 5.74) is -1.30. The van der Waals surface area contributed by atoms with Crippen LogP contribution in [0.5, 0.6) is 0 Å². The Balaban J connectivity index is 0.00000112. The summed E-state index contributed by atoms with van der Waals surface area (Å²) in [5.74, 6) is -1.85. The number of hydrogen-bond donors (Lipinski definition) is 2. The van der Waals surface area contributed by atoms with E-state index in [2.05, 4.69) is 31.4 Å². The van der Waals surface area contributed by atoms with E-state index >= 15 is 0 Å². The maximum atomic E-state index is 14.2. The molecule has 1 saturated heterocycles. The Morgan fingerprint density at radius 3 is 2.27 bits per heavy atom. The number of para-hydroxylation sites is 1. The average molecular weight is 516 g/mol. The summed E-state index contributed by atoms with van der Waals surface area (Å²) in [4.78, 5) is 52.4. The highest BCUT2D eigenvalue weighted by Gasteiger charge is 2.45. The summed E-state index contributed by atoms with van der Waals surface area (Å²) in [5, 5.41) is 14.6. The number of carbonyl (C=O) groups excluding carboxylic acids is 4. The van der Waals surface area contributed by atoms with E-state index in [1.54, 1.807) is 24.3 Å². The number of nitriles is 1. The number of benzene rings is 1. The number of amides is 4. The van der Waals surface area contributed by atoms with Crippen molar-refractivity contribution in [3.05, 3.63) is 30.3 Å². The number of alkyl halides is 1. The van der Waals surface area contributed by atoms with Crippen molar-refractivity contribution in [3.63, 3.8) is 0 Å². The minimum atomic E-state index is -1.92. The molecule has 1 aliphatic heterocycles. The number of rotatable bonds is 7. The van der Waals surface area contributed by atoms with Crippen molar-refractivity contribution in [3.8, 4) is 6.07 Å². The second kappa shape index (κ2) is 13.2. The molecule has 4 amide bonds. The van der Waals surface area contributed by atoms with Gasteiger partial charge in [0, 0.05) is 19.3 Å². The Hall–Kier alpha value is -3.48. The number of likely N-dealkylation sites (tertiary alicyclic amines) is 1. The highest BCUT2D eigenvalue weighted by atomic mass is 19.1. The molecule has 37 heavy (non-hydrogen) atoms. The summed E-state index contributed by atoms with van der Waals surface area (Å²) in [6, 6.07) is 9.15. The highest BCUT2D eigenvalue weighted by molar-refractivity contribution is 5.95. The van der Waals surface area contributed by atoms with Gasteiger partial charge in [-0.3, -0.25) is 19.2 Å². The topological polar surface area (TPSA) is 123 Å². The third-order valence-electron chi connectivity index (χ3n) is 6.20. The minimum absolute atomic E-state index is 0.0639. The molecule has 9 nitrogen and oxygen atoms in total. The molecular weight excluding hydrogens is 477 g/mol. The smallest absolute Gasteiger partial charge is 0.258 e. The van der Waals surface area contributed by atoms with Gasteiger partial charge in [-0.2, -0.15) is 5.26 Å². The van der Waals surface area contributed by atoms with Gasteiger partial charge in [0.25, 0.3) is 5.91 Å². The summed E-state index contributed by atoms with van der Waals surface area (Å²) >= 11 is 0. The van der Waals surface area contributed by atoms with E-state index in [1.165, 1.54) is 18.9 Å². The van der Waals surface area contributed by atoms with E-state index in [9.17, 15) is 28.8 Å². The predicted molar refractivity (Wildman–Crippen MR) is 138 cm³/mol. The lowest BCUT2D eigenvalue weighted by Crippen LogP contribution is -2.55. The van der Waals surface area contributed by atoms with Gasteiger partial charge in [-0.05, 0) is 50.7 Å². The fourth-order valence-corrected chi connectivity index (χ4v) is 3.99. The van der Waals surface area contributed by atoms with Gasteiger partial charge in [0.15, 0.2) is 5.67 Å². The minimum Gasteiger partial charge on any atom is -0.342 e. The van der Waals surface area contributed by atoms with Crippen LogP contribution < -0.4 is 10.6 Å². The zero-order valence-electron chi connectivity index (χ0n) is 22.3. The first-order valence-corrected chi connectivity index (χ1v) is 12.7. The van der Waals surface area contributed by atoms with Crippen molar-refractivity contribution in [2.24, 2.45) is 11.8 Å². The Morgan fingerprint density at radius 1 is 1.16 bits per heavy atom. The summed E-state index contributed by atoms with van der Waals surface area (Å²) in [6.07, 6.45) is 1.10. The molecule has 10 heteroatoms. The van der Waals surface area contributed by atoms with Gasteiger partial charge in [-0.1, -0.05) is 39.0 Å². The number of anilines is 1. The quantitative estimate of drug-likeness (QED) is 0.578. The van der Waals surface area contributed by atoms with E-state index in [-0.39, 0.29) is 38.3 Å². The zero-order chi connectivity index (χ0) is 27.8. The van der Waals surface area contributed by atoms with Gasteiger partial charge < -0.3 is 20.4 Å². The van der Waals surface area contributed by atoms with Gasteiger partial charge in [-0.15, -0.1) is 0 Å². The molecule has 1 heterocycles. The number of halogens is 1. The van der Waals surface area contributed by atoms with Crippen LogP contribution in [0.15, 0.2) is 30.3 Å². The number of carbonyl (C=O) groups is 4. The standard InChI is InChI=1S/C23H28FN5O4.C4H10/c1-15(26-22(33)23(24)9-6-10-23)21(32)28(2)14-19(30)29-13-16(11-18(29)12-25)20(31)27-17-7-4-3-5-8-17;1-4(2)3/h3-5,7-8,15-16,18H,6,9-11,13-14H2,1-2H3,(H,26,33)(H,27,31);4H,1-3H3. The second-order valence-electron chi connectivity index (χ2n) is 10.4. The van der Waals surface area contributed by atoms with E-state index in [4.69, 9.17) is 0 Å². The monoisotopic (exact) mass is 515 g/mol. The zero-order valence-corrected chi connectivity index (χ0v) is 22.3. The van der Waals surface area contributed by atoms with Crippen LogP contribution >= 0.6 is 0 Å². The van der Waals surface area contributed by atoms with E-state index in [0.29, 0.717) is 12.1 Å². The number of nitrogens with zero attached hydrogens (tertiary/aromatic N) is 3. The molecule has 3 rings (SSSR count). The van der Waals surface area contributed by atoms with Crippen LogP contribution in [0, 0.1) is 23.2 Å². The fourth-order valence-electron chi connectivity index (χ4n) is 3.99. The van der Waals surface area contributed by atoms with Crippen LogP contribution in [-0.4, -0.2) is 71.3 Å². The maximum absolute atomic E-state index is 14.2. The lowest BCUT2D eigenvalue weighted by atomic mass is 9.81. The molecule has 1 aromatic carbocycles. The second-order valence-corrected chi connectivity index (χ2v) is 10.4. The summed E-state index contributed by atoms with van der Waals surface area (Å²) in [7, 11) is 1.40. The van der Waals surface area contributed by atoms with Crippen molar-refractivity contribution in [2.75, 3.05) is 25.5 Å². The van der Waals surface area contributed by atoms with E-state index in [1.807, 2.05) is 12.1 Å². The molecule has 2 aliphatic rings. The highest BCUT2D eigenvalue weighted by Crippen LogP contribution is 2.36. The Bertz CT molecular complexity index is 1000. The van der Waals surface area contributed by atoms with E-state index in [0.717, 1.165) is 10.8 Å². The number of likely N-dealkylation sites (N-methyl/N-ethyl adjacent to an activating group) is 1. The van der Waals surface area contributed by atoms with Crippen molar-refractivity contribution >= 4 is 29.3 Å². The third-order valence-corrected chi connectivity index (χ3v) is 6.20. The van der Waals surface area contributed by atoms with Crippen molar-refractivity contribution in [1.82, 2.24) is 15.1 Å². The van der Waals surface area contributed by atoms with Gasteiger partial charge in [-0.25, -0.2) is 4.39 Å². The molecule has 3 atom stereocenters. The molecule has 0 aromatic heterocycles. The normalized spacial score (nSPS) is 20.4. The molecule has 1 aliphatic carbocycles. The van der Waals surface area contributed by atoms with Crippen LogP contribution in [0.25, 0.3) is 0 Å². The molecule has 1 saturated carbocycles. The van der Waals surface area contributed by atoms with Crippen molar-refractivity contribution < 1.29 is 23.6 Å². The summed E-state index contributed by atoms with van der Waals surface area (Å²) < 4.78 is 14.2. The van der Waals surface area contributed by atoms with Crippen molar-refractivity contribution in [1.29, 1.82) is 5.26 Å². The molecular formula is C27H38FN5O4. The van der Waals surface area contributed by atoms with Crippen LogP contribution in [0.1, 0.15) is 53.4 Å². The van der Waals surface area contributed by atoms with Gasteiger partial charge in [0.1, 0.15) is 12.1 Å². The van der Waals surface area contributed by atoms with Crippen molar-refractivity contribution in [2.45, 2.75) is 71.1 Å². The lowest BCUT2D eigenvalue weighted by molar-refractivity contribution is -0.144. The maximum Gasteiger partial charge on any atom is 0.258 e. The lowest BCUT2D eigenvalue weighted by Gasteiger charge is -2.33. The first-order valence-electron chi connectivity index (χ1n) is 12.7. The SMILES string of the molecule is CC(C)C.CC(NC(=O)C1(F)CCC1)C(=O)N(C)CC(=O)N1CC(C(=O)Nc2ccccc2)CC1C#N. The molecule has 2 fully saturated rings. The van der Waals surface area contributed by atoms with Crippen LogP contribution in [0.2, 0.25) is 0 Å². The number of hydrogen-bond acceptors (Lipinski definition) is 5. The fraction of sp³-hybridized carbons (Fsp3) is 0.593. The first kappa shape index (κ1) is 29.7. The third kappa shape index (κ3) is 8.27. The van der Waals surface area contributed by atoms with Gasteiger partial charge in [0.2, 0.25) is 17.7 Å². The molecule has 202 valence electrons. The average Bonchev–Trinajstić information content (AvgIpc) is 3.27. The Morgan fingerprint density at radius 2 is 1.76 bits per heavy atom. The molecule has 0 bridgehead atoms. The molecule has 0 radical (unpaired) electrons.